The molecule has 2 rings (SSSR count). The van der Waals surface area contributed by atoms with Gasteiger partial charge in [0.05, 0.1) is 10.6 Å². The van der Waals surface area contributed by atoms with Crippen LogP contribution in [0.25, 0.3) is 0 Å². The van der Waals surface area contributed by atoms with Gasteiger partial charge >= 0.3 is 0 Å². The molecule has 0 unspecified atom stereocenters. The van der Waals surface area contributed by atoms with Crippen LogP contribution in [0.5, 0.6) is 0 Å². The molecule has 0 heterocycles. The maximum absolute atomic E-state index is 11.9. The summed E-state index contributed by atoms with van der Waals surface area (Å²) in [5.41, 5.74) is 0.454. The van der Waals surface area contributed by atoms with E-state index < -0.39 is 10.0 Å². The van der Waals surface area contributed by atoms with Gasteiger partial charge in [-0.05, 0) is 42.7 Å². The second-order valence-electron chi connectivity index (χ2n) is 5.64. The maximum Gasteiger partial charge on any atom is 0.238 e. The summed E-state index contributed by atoms with van der Waals surface area (Å²) in [6, 6.07) is 5.99. The number of thioether (sulfide) groups is 1. The van der Waals surface area contributed by atoms with Crippen LogP contribution in [0.15, 0.2) is 29.2 Å². The van der Waals surface area contributed by atoms with Crippen LogP contribution in [0, 0.1) is 5.92 Å². The molecule has 0 radical (unpaired) electrons. The quantitative estimate of drug-likeness (QED) is 0.831. The first-order chi connectivity index (χ1) is 10.4. The van der Waals surface area contributed by atoms with Crippen molar-refractivity contribution in [3.05, 3.63) is 24.3 Å². The number of hydrogen-bond donors (Lipinski definition) is 2. The molecule has 0 bridgehead atoms. The molecule has 22 heavy (non-hydrogen) atoms. The molecule has 1 fully saturated rings. The van der Waals surface area contributed by atoms with Gasteiger partial charge in [0.15, 0.2) is 0 Å². The first-order valence-corrected chi connectivity index (χ1v) is 10.2. The highest BCUT2D eigenvalue weighted by Crippen LogP contribution is 2.26. The minimum absolute atomic E-state index is 0.000147. The normalized spacial score (nSPS) is 16.4. The summed E-state index contributed by atoms with van der Waals surface area (Å²) in [6.45, 7) is 0. The number of rotatable bonds is 6. The lowest BCUT2D eigenvalue weighted by Crippen LogP contribution is -2.17. The molecule has 1 saturated carbocycles. The predicted molar refractivity (Wildman–Crippen MR) is 90.3 cm³/mol. The molecule has 1 amide bonds. The fourth-order valence-corrected chi connectivity index (χ4v) is 4.22. The molecule has 3 N–H and O–H groups in total. The zero-order chi connectivity index (χ0) is 16.0. The maximum atomic E-state index is 11.9. The molecular weight excluding hydrogens is 320 g/mol. The average Bonchev–Trinajstić information content (AvgIpc) is 2.48. The Morgan fingerprint density at radius 2 is 2.00 bits per heavy atom. The molecule has 0 aromatic heterocycles. The van der Waals surface area contributed by atoms with E-state index in [4.69, 9.17) is 5.14 Å². The number of primary sulfonamides is 1. The number of carbonyl (C=O) groups is 1. The van der Waals surface area contributed by atoms with Gasteiger partial charge in [0, 0.05) is 5.69 Å². The lowest BCUT2D eigenvalue weighted by atomic mass is 9.91. The summed E-state index contributed by atoms with van der Waals surface area (Å²) < 4.78 is 22.6. The second-order valence-corrected chi connectivity index (χ2v) is 8.23. The van der Waals surface area contributed by atoms with Gasteiger partial charge in [-0.3, -0.25) is 4.79 Å². The van der Waals surface area contributed by atoms with Gasteiger partial charge < -0.3 is 5.32 Å². The monoisotopic (exact) mass is 342 g/mol. The third kappa shape index (κ3) is 5.62. The number of benzene rings is 1. The SMILES string of the molecule is NS(=O)(=O)c1cccc(NC(=O)CSCC2CCCCC2)c1. The number of carbonyl (C=O) groups excluding carboxylic acids is 1. The van der Waals surface area contributed by atoms with Crippen LogP contribution >= 0.6 is 11.8 Å². The Bertz CT molecular complexity index is 611. The van der Waals surface area contributed by atoms with E-state index >= 15 is 0 Å². The summed E-state index contributed by atoms with van der Waals surface area (Å²) in [6.07, 6.45) is 6.48. The zero-order valence-electron chi connectivity index (χ0n) is 12.5. The van der Waals surface area contributed by atoms with Crippen LogP contribution in [-0.2, 0) is 14.8 Å². The van der Waals surface area contributed by atoms with E-state index in [1.165, 1.54) is 44.2 Å². The Labute approximate surface area is 136 Å². The van der Waals surface area contributed by atoms with Crippen molar-refractivity contribution in [2.75, 3.05) is 16.8 Å². The summed E-state index contributed by atoms with van der Waals surface area (Å²) in [5.74, 6) is 2.02. The summed E-state index contributed by atoms with van der Waals surface area (Å²) in [7, 11) is -3.75. The van der Waals surface area contributed by atoms with Crippen LogP contribution in [0.2, 0.25) is 0 Å². The zero-order valence-corrected chi connectivity index (χ0v) is 14.1. The Morgan fingerprint density at radius 1 is 1.27 bits per heavy atom. The molecule has 7 heteroatoms. The Kier molecular flexibility index (Phi) is 6.28. The third-order valence-corrected chi connectivity index (χ3v) is 5.84. The topological polar surface area (TPSA) is 89.3 Å². The molecule has 0 spiro atoms. The van der Waals surface area contributed by atoms with Crippen molar-refractivity contribution in [3.8, 4) is 0 Å². The number of nitrogens with two attached hydrogens (primary N) is 1. The number of nitrogens with one attached hydrogen (secondary N) is 1. The molecule has 1 aliphatic carbocycles. The standard InChI is InChI=1S/C15H22N2O3S2/c16-22(19,20)14-8-4-7-13(9-14)17-15(18)11-21-10-12-5-2-1-3-6-12/h4,7-9,12H,1-3,5-6,10-11H2,(H,17,18)(H2,16,19,20). The van der Waals surface area contributed by atoms with Gasteiger partial charge in [-0.15, -0.1) is 0 Å². The molecule has 5 nitrogen and oxygen atoms in total. The second kappa shape index (κ2) is 7.99. The van der Waals surface area contributed by atoms with Gasteiger partial charge in [0.25, 0.3) is 0 Å². The highest BCUT2D eigenvalue weighted by molar-refractivity contribution is 7.99. The first kappa shape index (κ1) is 17.3. The number of hydrogen-bond acceptors (Lipinski definition) is 4. The number of sulfonamides is 1. The molecule has 122 valence electrons. The molecule has 0 saturated heterocycles. The van der Waals surface area contributed by atoms with E-state index in [2.05, 4.69) is 5.32 Å². The Hall–Kier alpha value is -1.05. The van der Waals surface area contributed by atoms with Crippen molar-refractivity contribution in [1.29, 1.82) is 0 Å². The van der Waals surface area contributed by atoms with Gasteiger partial charge in [-0.1, -0.05) is 25.3 Å². The molecule has 1 aromatic rings. The van der Waals surface area contributed by atoms with Gasteiger partial charge in [0.1, 0.15) is 0 Å². The fraction of sp³-hybridized carbons (Fsp3) is 0.533. The number of amides is 1. The van der Waals surface area contributed by atoms with E-state index in [1.807, 2.05) is 0 Å². The average molecular weight is 342 g/mol. The summed E-state index contributed by atoms with van der Waals surface area (Å²) in [4.78, 5) is 11.9. The largest absolute Gasteiger partial charge is 0.325 e. The summed E-state index contributed by atoms with van der Waals surface area (Å²) in [5, 5.41) is 7.79. The lowest BCUT2D eigenvalue weighted by molar-refractivity contribution is -0.113. The minimum Gasteiger partial charge on any atom is -0.325 e. The van der Waals surface area contributed by atoms with E-state index in [0.29, 0.717) is 11.4 Å². The Morgan fingerprint density at radius 3 is 2.68 bits per heavy atom. The van der Waals surface area contributed by atoms with Crippen LogP contribution in [0.3, 0.4) is 0 Å². The fourth-order valence-electron chi connectivity index (χ4n) is 2.62. The van der Waals surface area contributed by atoms with E-state index in [0.717, 1.165) is 11.7 Å². The molecule has 0 atom stereocenters. The van der Waals surface area contributed by atoms with Crippen LogP contribution in [-0.4, -0.2) is 25.8 Å². The van der Waals surface area contributed by atoms with Crippen LogP contribution in [0.4, 0.5) is 5.69 Å². The highest BCUT2D eigenvalue weighted by Gasteiger charge is 2.14. The predicted octanol–water partition coefficient (Wildman–Crippen LogP) is 2.59. The molecule has 1 aromatic carbocycles. The van der Waals surface area contributed by atoms with Crippen molar-refractivity contribution in [3.63, 3.8) is 0 Å². The first-order valence-electron chi connectivity index (χ1n) is 7.45. The van der Waals surface area contributed by atoms with Crippen LogP contribution in [0.1, 0.15) is 32.1 Å². The third-order valence-electron chi connectivity index (χ3n) is 3.76. The van der Waals surface area contributed by atoms with E-state index in [9.17, 15) is 13.2 Å². The highest BCUT2D eigenvalue weighted by atomic mass is 32.2. The number of anilines is 1. The Balaban J connectivity index is 1.79. The van der Waals surface area contributed by atoms with Crippen molar-refractivity contribution < 1.29 is 13.2 Å². The van der Waals surface area contributed by atoms with E-state index in [-0.39, 0.29) is 10.8 Å². The van der Waals surface area contributed by atoms with Gasteiger partial charge in [-0.2, -0.15) is 11.8 Å². The van der Waals surface area contributed by atoms with E-state index in [1.54, 1.807) is 23.9 Å². The molecule has 0 aliphatic heterocycles. The minimum atomic E-state index is -3.75. The molecular formula is C15H22N2O3S2. The van der Waals surface area contributed by atoms with Gasteiger partial charge in [-0.25, -0.2) is 13.6 Å². The summed E-state index contributed by atoms with van der Waals surface area (Å²) >= 11 is 1.64. The smallest absolute Gasteiger partial charge is 0.238 e. The van der Waals surface area contributed by atoms with Crippen molar-refractivity contribution >= 4 is 33.4 Å². The molecule has 1 aliphatic rings. The van der Waals surface area contributed by atoms with Crippen molar-refractivity contribution in [2.24, 2.45) is 11.1 Å². The van der Waals surface area contributed by atoms with Crippen molar-refractivity contribution in [2.45, 2.75) is 37.0 Å². The van der Waals surface area contributed by atoms with Crippen molar-refractivity contribution in [1.82, 2.24) is 0 Å². The van der Waals surface area contributed by atoms with Crippen LogP contribution < -0.4 is 10.5 Å². The lowest BCUT2D eigenvalue weighted by Gasteiger charge is -2.20. The van der Waals surface area contributed by atoms with Gasteiger partial charge in [0.2, 0.25) is 15.9 Å².